The monoisotopic (exact) mass is 320 g/mol. The van der Waals surface area contributed by atoms with E-state index >= 15 is 0 Å². The lowest BCUT2D eigenvalue weighted by Crippen LogP contribution is -2.01. The average molecular weight is 322 g/mol. The van der Waals surface area contributed by atoms with Crippen LogP contribution in [-0.2, 0) is 11.4 Å². The zero-order valence-corrected chi connectivity index (χ0v) is 10.8. The van der Waals surface area contributed by atoms with Crippen LogP contribution in [0, 0.1) is 0 Å². The van der Waals surface area contributed by atoms with Gasteiger partial charge < -0.3 is 5.11 Å². The van der Waals surface area contributed by atoms with Crippen molar-refractivity contribution >= 4 is 37.6 Å². The van der Waals surface area contributed by atoms with Crippen LogP contribution in [0.2, 0.25) is 0 Å². The number of rotatable bonds is 3. The molecular formula is C10H10Br2O2. The topological polar surface area (TPSA) is 37.3 Å². The Kier molecular flexibility index (Phi) is 4.29. The third kappa shape index (κ3) is 2.65. The summed E-state index contributed by atoms with van der Waals surface area (Å²) in [7, 11) is 0. The van der Waals surface area contributed by atoms with Gasteiger partial charge in [0.2, 0.25) is 0 Å². The van der Waals surface area contributed by atoms with Crippen molar-refractivity contribution in [2.45, 2.75) is 18.4 Å². The van der Waals surface area contributed by atoms with Gasteiger partial charge in [-0.1, -0.05) is 44.0 Å². The normalized spacial score (nSPS) is 12.6. The van der Waals surface area contributed by atoms with Crippen LogP contribution in [0.25, 0.3) is 0 Å². The van der Waals surface area contributed by atoms with E-state index in [4.69, 9.17) is 5.11 Å². The molecule has 1 atom stereocenters. The highest BCUT2D eigenvalue weighted by Crippen LogP contribution is 2.27. The number of alkyl halides is 1. The van der Waals surface area contributed by atoms with Gasteiger partial charge in [0.15, 0.2) is 0 Å². The van der Waals surface area contributed by atoms with Crippen LogP contribution >= 0.6 is 31.9 Å². The van der Waals surface area contributed by atoms with Crippen LogP contribution in [0.4, 0.5) is 0 Å². The van der Waals surface area contributed by atoms with Crippen molar-refractivity contribution in [1.29, 1.82) is 0 Å². The first kappa shape index (κ1) is 11.9. The maximum atomic E-state index is 11.1. The Labute approximate surface area is 99.6 Å². The Morgan fingerprint density at radius 2 is 2.21 bits per heavy atom. The van der Waals surface area contributed by atoms with Crippen molar-refractivity contribution in [3.8, 4) is 0 Å². The van der Waals surface area contributed by atoms with Gasteiger partial charge in [0.1, 0.15) is 5.78 Å². The van der Waals surface area contributed by atoms with Crippen molar-refractivity contribution < 1.29 is 9.90 Å². The third-order valence-electron chi connectivity index (χ3n) is 1.89. The van der Waals surface area contributed by atoms with Crippen molar-refractivity contribution in [1.82, 2.24) is 0 Å². The number of aliphatic hydroxyl groups excluding tert-OH is 1. The molecule has 4 heteroatoms. The fourth-order valence-corrected chi connectivity index (χ4v) is 1.76. The number of ketones is 1. The van der Waals surface area contributed by atoms with E-state index in [1.54, 1.807) is 0 Å². The molecule has 0 saturated heterocycles. The van der Waals surface area contributed by atoms with Gasteiger partial charge in [0, 0.05) is 4.47 Å². The quantitative estimate of drug-likeness (QED) is 0.869. The minimum Gasteiger partial charge on any atom is -0.392 e. The summed E-state index contributed by atoms with van der Waals surface area (Å²) in [5, 5.41) is 9.03. The van der Waals surface area contributed by atoms with Crippen molar-refractivity contribution in [2.75, 3.05) is 0 Å². The third-order valence-corrected chi connectivity index (χ3v) is 3.84. The van der Waals surface area contributed by atoms with E-state index in [1.165, 1.54) is 6.92 Å². The van der Waals surface area contributed by atoms with Gasteiger partial charge >= 0.3 is 0 Å². The van der Waals surface area contributed by atoms with Crippen LogP contribution in [0.15, 0.2) is 22.7 Å². The van der Waals surface area contributed by atoms with Gasteiger partial charge in [-0.05, 0) is 24.1 Å². The average Bonchev–Trinajstić information content (AvgIpc) is 2.17. The molecule has 1 rings (SSSR count). The number of benzene rings is 1. The van der Waals surface area contributed by atoms with E-state index in [2.05, 4.69) is 31.9 Å². The molecule has 14 heavy (non-hydrogen) atoms. The molecule has 0 bridgehead atoms. The number of halogens is 2. The molecule has 0 heterocycles. The van der Waals surface area contributed by atoms with Crippen molar-refractivity contribution in [2.24, 2.45) is 0 Å². The van der Waals surface area contributed by atoms with E-state index in [1.807, 2.05) is 18.2 Å². The highest BCUT2D eigenvalue weighted by atomic mass is 79.9. The second-order valence-corrected chi connectivity index (χ2v) is 4.75. The summed E-state index contributed by atoms with van der Waals surface area (Å²) in [5.41, 5.74) is 1.65. The SMILES string of the molecule is CC(=O)C(Br)c1ccc(Br)c(CO)c1. The molecule has 0 aliphatic heterocycles. The Bertz CT molecular complexity index is 350. The maximum Gasteiger partial charge on any atom is 0.147 e. The molecule has 0 saturated carbocycles. The second-order valence-electron chi connectivity index (χ2n) is 2.98. The van der Waals surface area contributed by atoms with Crippen LogP contribution in [-0.4, -0.2) is 10.9 Å². The summed E-state index contributed by atoms with van der Waals surface area (Å²) >= 11 is 6.61. The number of hydrogen-bond donors (Lipinski definition) is 1. The van der Waals surface area contributed by atoms with Gasteiger partial charge in [0.25, 0.3) is 0 Å². The Morgan fingerprint density at radius 3 is 2.71 bits per heavy atom. The number of carbonyl (C=O) groups is 1. The summed E-state index contributed by atoms with van der Waals surface area (Å²) < 4.78 is 0.854. The molecule has 0 fully saturated rings. The Hall–Kier alpha value is -0.190. The lowest BCUT2D eigenvalue weighted by molar-refractivity contribution is -0.116. The van der Waals surface area contributed by atoms with Crippen LogP contribution in [0.3, 0.4) is 0 Å². The van der Waals surface area contributed by atoms with Gasteiger partial charge in [-0.15, -0.1) is 0 Å². The van der Waals surface area contributed by atoms with Gasteiger partial charge in [-0.25, -0.2) is 0 Å². The fraction of sp³-hybridized carbons (Fsp3) is 0.300. The zero-order valence-electron chi connectivity index (χ0n) is 7.63. The van der Waals surface area contributed by atoms with E-state index < -0.39 is 0 Å². The molecule has 0 aromatic heterocycles. The van der Waals surface area contributed by atoms with Gasteiger partial charge in [-0.3, -0.25) is 4.79 Å². The predicted molar refractivity (Wildman–Crippen MR) is 62.4 cm³/mol. The minimum absolute atomic E-state index is 0.0357. The smallest absolute Gasteiger partial charge is 0.147 e. The highest BCUT2D eigenvalue weighted by molar-refractivity contribution is 9.10. The zero-order chi connectivity index (χ0) is 10.7. The summed E-state index contributed by atoms with van der Waals surface area (Å²) in [6.07, 6.45) is 0. The first-order valence-corrected chi connectivity index (χ1v) is 5.81. The van der Waals surface area contributed by atoms with Gasteiger partial charge in [-0.2, -0.15) is 0 Å². The Balaban J connectivity index is 3.06. The largest absolute Gasteiger partial charge is 0.392 e. The standard InChI is InChI=1S/C10H10Br2O2/c1-6(14)10(12)7-2-3-9(11)8(4-7)5-13/h2-4,10,13H,5H2,1H3. The van der Waals surface area contributed by atoms with E-state index in [-0.39, 0.29) is 17.2 Å². The molecular weight excluding hydrogens is 312 g/mol. The lowest BCUT2D eigenvalue weighted by Gasteiger charge is -2.08. The molecule has 1 aromatic rings. The van der Waals surface area contributed by atoms with Gasteiger partial charge in [0.05, 0.1) is 11.4 Å². The summed E-state index contributed by atoms with van der Waals surface area (Å²) in [4.78, 5) is 10.8. The maximum absolute atomic E-state index is 11.1. The number of hydrogen-bond acceptors (Lipinski definition) is 2. The molecule has 0 spiro atoms. The minimum atomic E-state index is -0.291. The summed E-state index contributed by atoms with van der Waals surface area (Å²) in [6, 6.07) is 5.49. The number of carbonyl (C=O) groups excluding carboxylic acids is 1. The molecule has 0 radical (unpaired) electrons. The molecule has 1 N–H and O–H groups in total. The number of Topliss-reactive ketones (excluding diaryl/α,β-unsaturated/α-hetero) is 1. The summed E-state index contributed by atoms with van der Waals surface area (Å²) in [6.45, 7) is 1.49. The van der Waals surface area contributed by atoms with Crippen LogP contribution < -0.4 is 0 Å². The highest BCUT2D eigenvalue weighted by Gasteiger charge is 2.13. The summed E-state index contributed by atoms with van der Waals surface area (Å²) in [5.74, 6) is 0.0520. The predicted octanol–water partition coefficient (Wildman–Crippen LogP) is 2.97. The number of aliphatic hydroxyl groups is 1. The van der Waals surface area contributed by atoms with Crippen LogP contribution in [0.5, 0.6) is 0 Å². The molecule has 0 aliphatic carbocycles. The molecule has 76 valence electrons. The molecule has 1 unspecified atom stereocenters. The molecule has 2 nitrogen and oxygen atoms in total. The fourth-order valence-electron chi connectivity index (χ4n) is 1.11. The lowest BCUT2D eigenvalue weighted by atomic mass is 10.1. The van der Waals surface area contributed by atoms with Crippen molar-refractivity contribution in [3.63, 3.8) is 0 Å². The second kappa shape index (κ2) is 5.05. The Morgan fingerprint density at radius 1 is 1.57 bits per heavy atom. The molecule has 0 aliphatic rings. The molecule has 0 amide bonds. The van der Waals surface area contributed by atoms with E-state index in [9.17, 15) is 4.79 Å². The van der Waals surface area contributed by atoms with Crippen LogP contribution in [0.1, 0.15) is 22.9 Å². The first-order valence-electron chi connectivity index (χ1n) is 4.10. The van der Waals surface area contributed by atoms with E-state index in [0.717, 1.165) is 15.6 Å². The first-order chi connectivity index (χ1) is 6.56. The molecule has 1 aromatic carbocycles. The van der Waals surface area contributed by atoms with E-state index in [0.29, 0.717) is 0 Å². The van der Waals surface area contributed by atoms with Crippen molar-refractivity contribution in [3.05, 3.63) is 33.8 Å².